The van der Waals surface area contributed by atoms with E-state index in [2.05, 4.69) is 5.32 Å². The van der Waals surface area contributed by atoms with Crippen molar-refractivity contribution in [2.45, 2.75) is 31.3 Å². The lowest BCUT2D eigenvalue weighted by Crippen LogP contribution is -2.37. The molecule has 90 valence electrons. The fourth-order valence-corrected chi connectivity index (χ4v) is 2.96. The van der Waals surface area contributed by atoms with Crippen LogP contribution in [-0.4, -0.2) is 38.2 Å². The lowest BCUT2D eigenvalue weighted by atomic mass is 9.88. The molecule has 0 radical (unpaired) electrons. The highest BCUT2D eigenvalue weighted by molar-refractivity contribution is 5.84. The second-order valence-electron chi connectivity index (χ2n) is 4.41. The Hall–Kier alpha value is -1.10. The third-order valence-electron chi connectivity index (χ3n) is 3.66. The number of carbonyl (C=O) groups excluding carboxylic acids is 2. The van der Waals surface area contributed by atoms with Gasteiger partial charge in [-0.3, -0.25) is 9.59 Å². The van der Waals surface area contributed by atoms with E-state index in [4.69, 9.17) is 9.47 Å². The zero-order chi connectivity index (χ0) is 11.7. The van der Waals surface area contributed by atoms with E-state index in [1.54, 1.807) is 0 Å². The maximum atomic E-state index is 11.7. The predicted octanol–water partition coefficient (Wildman–Crippen LogP) is 0.0891. The molecule has 16 heavy (non-hydrogen) atoms. The smallest absolute Gasteiger partial charge is 0.311 e. The summed E-state index contributed by atoms with van der Waals surface area (Å²) in [6.07, 6.45) is 2.89. The number of hydrogen-bond donors (Lipinski definition) is 1. The fourth-order valence-electron chi connectivity index (χ4n) is 2.96. The summed E-state index contributed by atoms with van der Waals surface area (Å²) in [5, 5.41) is 3.32. The summed E-state index contributed by atoms with van der Waals surface area (Å²) in [7, 11) is 2.72. The van der Waals surface area contributed by atoms with Gasteiger partial charge in [0, 0.05) is 12.1 Å². The van der Waals surface area contributed by atoms with E-state index in [0.717, 1.165) is 19.3 Å². The van der Waals surface area contributed by atoms with Gasteiger partial charge in [-0.25, -0.2) is 0 Å². The molecule has 0 spiro atoms. The SMILES string of the molecule is COC(=O)C1C2CCCC(N2)C1C(=O)OC. The van der Waals surface area contributed by atoms with Crippen LogP contribution in [0.4, 0.5) is 0 Å². The van der Waals surface area contributed by atoms with Gasteiger partial charge in [-0.15, -0.1) is 0 Å². The van der Waals surface area contributed by atoms with Crippen LogP contribution in [0.3, 0.4) is 0 Å². The van der Waals surface area contributed by atoms with Crippen molar-refractivity contribution in [3.8, 4) is 0 Å². The van der Waals surface area contributed by atoms with Crippen molar-refractivity contribution in [1.82, 2.24) is 5.32 Å². The minimum absolute atomic E-state index is 0.0651. The lowest BCUT2D eigenvalue weighted by Gasteiger charge is -2.21. The van der Waals surface area contributed by atoms with Crippen LogP contribution in [0.15, 0.2) is 0 Å². The summed E-state index contributed by atoms with van der Waals surface area (Å²) in [4.78, 5) is 23.4. The first-order valence-corrected chi connectivity index (χ1v) is 5.60. The first kappa shape index (κ1) is 11.4. The molecule has 4 atom stereocenters. The molecular formula is C11H17NO4. The third kappa shape index (κ3) is 1.69. The number of fused-ring (bicyclic) bond motifs is 2. The molecule has 2 aliphatic rings. The molecule has 0 aromatic heterocycles. The van der Waals surface area contributed by atoms with Gasteiger partial charge >= 0.3 is 11.9 Å². The summed E-state index contributed by atoms with van der Waals surface area (Å²) in [6.45, 7) is 0. The highest BCUT2D eigenvalue weighted by Crippen LogP contribution is 2.38. The first-order chi connectivity index (χ1) is 7.69. The number of nitrogens with one attached hydrogen (secondary N) is 1. The number of esters is 2. The van der Waals surface area contributed by atoms with Gasteiger partial charge in [-0.05, 0) is 12.8 Å². The molecule has 1 N–H and O–H groups in total. The van der Waals surface area contributed by atoms with Crippen LogP contribution >= 0.6 is 0 Å². The molecule has 5 nitrogen and oxygen atoms in total. The van der Waals surface area contributed by atoms with E-state index in [1.165, 1.54) is 14.2 Å². The zero-order valence-corrected chi connectivity index (χ0v) is 9.56. The highest BCUT2D eigenvalue weighted by atomic mass is 16.5. The molecule has 5 heteroatoms. The average molecular weight is 227 g/mol. The lowest BCUT2D eigenvalue weighted by molar-refractivity contribution is -0.156. The molecule has 2 saturated heterocycles. The van der Waals surface area contributed by atoms with Crippen LogP contribution in [0.25, 0.3) is 0 Å². The van der Waals surface area contributed by atoms with Gasteiger partial charge in [0.15, 0.2) is 0 Å². The normalized spacial score (nSPS) is 36.9. The Bertz CT molecular complexity index is 276. The monoisotopic (exact) mass is 227 g/mol. The van der Waals surface area contributed by atoms with Gasteiger partial charge in [-0.1, -0.05) is 6.42 Å². The van der Waals surface area contributed by atoms with Crippen molar-refractivity contribution in [3.63, 3.8) is 0 Å². The highest BCUT2D eigenvalue weighted by Gasteiger charge is 2.52. The molecule has 4 unspecified atom stereocenters. The van der Waals surface area contributed by atoms with E-state index < -0.39 is 0 Å². The summed E-state index contributed by atoms with van der Waals surface area (Å²) < 4.78 is 9.56. The number of methoxy groups -OCH3 is 2. The summed E-state index contributed by atoms with van der Waals surface area (Å²) in [5.41, 5.74) is 0. The van der Waals surface area contributed by atoms with Crippen molar-refractivity contribution in [2.75, 3.05) is 14.2 Å². The van der Waals surface area contributed by atoms with Gasteiger partial charge in [-0.2, -0.15) is 0 Å². The van der Waals surface area contributed by atoms with Gasteiger partial charge in [0.2, 0.25) is 0 Å². The van der Waals surface area contributed by atoms with Crippen molar-refractivity contribution in [3.05, 3.63) is 0 Å². The maximum Gasteiger partial charge on any atom is 0.311 e. The molecule has 0 amide bonds. The Morgan fingerprint density at radius 2 is 1.44 bits per heavy atom. The Morgan fingerprint density at radius 3 is 1.81 bits per heavy atom. The topological polar surface area (TPSA) is 64.6 Å². The number of carbonyl (C=O) groups is 2. The number of piperidine rings is 1. The Kier molecular flexibility index (Phi) is 3.14. The van der Waals surface area contributed by atoms with E-state index in [-0.39, 0.29) is 35.9 Å². The molecule has 0 saturated carbocycles. The van der Waals surface area contributed by atoms with Crippen LogP contribution in [0.5, 0.6) is 0 Å². The van der Waals surface area contributed by atoms with Crippen LogP contribution < -0.4 is 5.32 Å². The van der Waals surface area contributed by atoms with Crippen molar-refractivity contribution in [2.24, 2.45) is 11.8 Å². The van der Waals surface area contributed by atoms with E-state index in [1.807, 2.05) is 0 Å². The van der Waals surface area contributed by atoms with E-state index in [0.29, 0.717) is 0 Å². The van der Waals surface area contributed by atoms with Gasteiger partial charge in [0.05, 0.1) is 26.1 Å². The van der Waals surface area contributed by atoms with Crippen molar-refractivity contribution in [1.29, 1.82) is 0 Å². The summed E-state index contributed by atoms with van der Waals surface area (Å²) >= 11 is 0. The molecule has 2 fully saturated rings. The van der Waals surface area contributed by atoms with Crippen LogP contribution in [-0.2, 0) is 19.1 Å². The molecule has 2 bridgehead atoms. The number of ether oxygens (including phenoxy) is 2. The van der Waals surface area contributed by atoms with Gasteiger partial charge in [0.1, 0.15) is 0 Å². The van der Waals surface area contributed by atoms with Crippen molar-refractivity contribution >= 4 is 11.9 Å². The molecule has 2 heterocycles. The second kappa shape index (κ2) is 4.41. The van der Waals surface area contributed by atoms with Gasteiger partial charge < -0.3 is 14.8 Å². The Balaban J connectivity index is 2.24. The second-order valence-corrected chi connectivity index (χ2v) is 4.41. The van der Waals surface area contributed by atoms with Crippen LogP contribution in [0.1, 0.15) is 19.3 Å². The minimum atomic E-state index is -0.384. The summed E-state index contributed by atoms with van der Waals surface area (Å²) in [5.74, 6) is -1.38. The number of rotatable bonds is 2. The molecule has 0 aliphatic carbocycles. The molecule has 0 aromatic carbocycles. The van der Waals surface area contributed by atoms with E-state index in [9.17, 15) is 9.59 Å². The molecule has 2 rings (SSSR count). The minimum Gasteiger partial charge on any atom is -0.469 e. The molecular weight excluding hydrogens is 210 g/mol. The van der Waals surface area contributed by atoms with Crippen LogP contribution in [0, 0.1) is 11.8 Å². The fraction of sp³-hybridized carbons (Fsp3) is 0.818. The van der Waals surface area contributed by atoms with Crippen molar-refractivity contribution < 1.29 is 19.1 Å². The standard InChI is InChI=1S/C11H17NO4/c1-15-10(13)8-6-4-3-5-7(12-6)9(8)11(14)16-2/h6-9,12H,3-5H2,1-2H3. The summed E-state index contributed by atoms with van der Waals surface area (Å²) in [6, 6.07) is 0.130. The largest absolute Gasteiger partial charge is 0.469 e. The quantitative estimate of drug-likeness (QED) is 0.677. The first-order valence-electron chi connectivity index (χ1n) is 5.60. The van der Waals surface area contributed by atoms with Gasteiger partial charge in [0.25, 0.3) is 0 Å². The van der Waals surface area contributed by atoms with Crippen LogP contribution in [0.2, 0.25) is 0 Å². The third-order valence-corrected chi connectivity index (χ3v) is 3.66. The van der Waals surface area contributed by atoms with E-state index >= 15 is 0 Å². The maximum absolute atomic E-state index is 11.7. The molecule has 0 aromatic rings. The molecule has 2 aliphatic heterocycles. The Morgan fingerprint density at radius 1 is 1.00 bits per heavy atom. The zero-order valence-electron chi connectivity index (χ0n) is 9.56. The average Bonchev–Trinajstić information content (AvgIpc) is 2.58. The Labute approximate surface area is 94.5 Å². The number of hydrogen-bond acceptors (Lipinski definition) is 5. The predicted molar refractivity (Wildman–Crippen MR) is 55.6 cm³/mol.